The van der Waals surface area contributed by atoms with Crippen molar-refractivity contribution in [2.75, 3.05) is 5.73 Å². The summed E-state index contributed by atoms with van der Waals surface area (Å²) in [4.78, 5) is 0. The summed E-state index contributed by atoms with van der Waals surface area (Å²) in [6.07, 6.45) is -4.46. The van der Waals surface area contributed by atoms with Gasteiger partial charge in [-0.3, -0.25) is 0 Å². The summed E-state index contributed by atoms with van der Waals surface area (Å²) in [5, 5.41) is 0. The molecule has 0 unspecified atom stereocenters. The first-order valence-corrected chi connectivity index (χ1v) is 5.50. The smallest absolute Gasteiger partial charge is 0.399 e. The number of hydrogen-bond donors (Lipinski definition) is 1. The molecule has 0 fully saturated rings. The van der Waals surface area contributed by atoms with Gasteiger partial charge in [0.15, 0.2) is 0 Å². The van der Waals surface area contributed by atoms with Crippen molar-refractivity contribution in [1.29, 1.82) is 0 Å². The van der Waals surface area contributed by atoms with Crippen molar-refractivity contribution in [3.8, 4) is 11.8 Å². The molecule has 0 aliphatic heterocycles. The number of alkyl halides is 3. The number of nitrogens with two attached hydrogens (primary N) is 1. The highest BCUT2D eigenvalue weighted by Crippen LogP contribution is 2.32. The molecular weight excluding hydrogens is 251 g/mol. The topological polar surface area (TPSA) is 26.0 Å². The predicted octanol–water partition coefficient (Wildman–Crippen LogP) is 3.69. The summed E-state index contributed by atoms with van der Waals surface area (Å²) >= 11 is 0. The number of benzene rings is 2. The van der Waals surface area contributed by atoms with Crippen molar-refractivity contribution in [1.82, 2.24) is 0 Å². The van der Waals surface area contributed by atoms with Gasteiger partial charge in [-0.1, -0.05) is 30.0 Å². The van der Waals surface area contributed by atoms with Crippen molar-refractivity contribution in [3.63, 3.8) is 0 Å². The van der Waals surface area contributed by atoms with Gasteiger partial charge in [-0.05, 0) is 30.3 Å². The molecule has 0 aromatic heterocycles. The second kappa shape index (κ2) is 5.07. The fourth-order valence-electron chi connectivity index (χ4n) is 1.57. The fourth-order valence-corrected chi connectivity index (χ4v) is 1.57. The first-order valence-electron chi connectivity index (χ1n) is 5.50. The van der Waals surface area contributed by atoms with E-state index >= 15 is 0 Å². The lowest BCUT2D eigenvalue weighted by Gasteiger charge is -2.09. The van der Waals surface area contributed by atoms with Crippen molar-refractivity contribution >= 4 is 5.69 Å². The van der Waals surface area contributed by atoms with E-state index in [0.29, 0.717) is 5.56 Å². The van der Waals surface area contributed by atoms with Gasteiger partial charge in [-0.2, -0.15) is 13.2 Å². The number of halogens is 3. The molecule has 2 rings (SSSR count). The molecule has 96 valence electrons. The summed E-state index contributed by atoms with van der Waals surface area (Å²) in [5.41, 5.74) is 5.22. The van der Waals surface area contributed by atoms with Crippen LogP contribution >= 0.6 is 0 Å². The van der Waals surface area contributed by atoms with Gasteiger partial charge in [-0.25, -0.2) is 0 Å². The zero-order chi connectivity index (χ0) is 13.9. The van der Waals surface area contributed by atoms with Crippen LogP contribution in [-0.2, 0) is 6.18 Å². The third-order valence-electron chi connectivity index (χ3n) is 2.46. The Hall–Kier alpha value is -2.41. The lowest BCUT2D eigenvalue weighted by molar-refractivity contribution is -0.137. The molecule has 2 aromatic carbocycles. The molecule has 0 atom stereocenters. The van der Waals surface area contributed by atoms with Gasteiger partial charge in [0.05, 0.1) is 5.56 Å². The highest BCUT2D eigenvalue weighted by atomic mass is 19.4. The van der Waals surface area contributed by atoms with E-state index in [9.17, 15) is 13.2 Å². The first-order chi connectivity index (χ1) is 8.97. The Bertz CT molecular complexity index is 634. The number of anilines is 1. The van der Waals surface area contributed by atoms with Gasteiger partial charge in [0.1, 0.15) is 0 Å². The Morgan fingerprint density at radius 1 is 0.895 bits per heavy atom. The molecule has 0 radical (unpaired) electrons. The second-order valence-electron chi connectivity index (χ2n) is 3.92. The number of hydrogen-bond acceptors (Lipinski definition) is 1. The van der Waals surface area contributed by atoms with Gasteiger partial charge in [-0.15, -0.1) is 0 Å². The SMILES string of the molecule is Nc1ccc(C#Cc2ccccc2)c(C(F)(F)F)c1. The Morgan fingerprint density at radius 3 is 2.21 bits per heavy atom. The lowest BCUT2D eigenvalue weighted by Crippen LogP contribution is -2.08. The largest absolute Gasteiger partial charge is 0.417 e. The van der Waals surface area contributed by atoms with Gasteiger partial charge in [0, 0.05) is 16.8 Å². The van der Waals surface area contributed by atoms with Gasteiger partial charge < -0.3 is 5.73 Å². The summed E-state index contributed by atoms with van der Waals surface area (Å²) < 4.78 is 38.5. The summed E-state index contributed by atoms with van der Waals surface area (Å²) in [5.74, 6) is 5.24. The molecule has 2 N–H and O–H groups in total. The quantitative estimate of drug-likeness (QED) is 0.568. The van der Waals surface area contributed by atoms with E-state index in [0.717, 1.165) is 6.07 Å². The lowest BCUT2D eigenvalue weighted by atomic mass is 10.1. The van der Waals surface area contributed by atoms with E-state index in [4.69, 9.17) is 5.73 Å². The molecule has 0 saturated heterocycles. The van der Waals surface area contributed by atoms with Gasteiger partial charge in [0.2, 0.25) is 0 Å². The van der Waals surface area contributed by atoms with Gasteiger partial charge in [0.25, 0.3) is 0 Å². The van der Waals surface area contributed by atoms with Crippen LogP contribution in [-0.4, -0.2) is 0 Å². The van der Waals surface area contributed by atoms with Crippen LogP contribution in [0.5, 0.6) is 0 Å². The van der Waals surface area contributed by atoms with Crippen LogP contribution in [0.25, 0.3) is 0 Å². The van der Waals surface area contributed by atoms with Crippen molar-refractivity contribution < 1.29 is 13.2 Å². The van der Waals surface area contributed by atoms with Crippen molar-refractivity contribution in [2.24, 2.45) is 0 Å². The van der Waals surface area contributed by atoms with Crippen molar-refractivity contribution in [3.05, 3.63) is 65.2 Å². The Kier molecular flexibility index (Phi) is 3.48. The summed E-state index contributed by atoms with van der Waals surface area (Å²) in [6.45, 7) is 0. The maximum Gasteiger partial charge on any atom is 0.417 e. The first kappa shape index (κ1) is 13.0. The Balaban J connectivity index is 2.44. The minimum absolute atomic E-state index is 0.0672. The highest BCUT2D eigenvalue weighted by Gasteiger charge is 2.33. The summed E-state index contributed by atoms with van der Waals surface area (Å²) in [6, 6.07) is 12.4. The predicted molar refractivity (Wildman–Crippen MR) is 68.3 cm³/mol. The van der Waals surface area contributed by atoms with Crippen LogP contribution in [0.2, 0.25) is 0 Å². The zero-order valence-electron chi connectivity index (χ0n) is 9.83. The summed E-state index contributed by atoms with van der Waals surface area (Å²) in [7, 11) is 0. The molecule has 1 nitrogen and oxygen atoms in total. The van der Waals surface area contributed by atoms with Crippen LogP contribution in [0.4, 0.5) is 18.9 Å². The molecular formula is C15H10F3N. The number of nitrogen functional groups attached to an aromatic ring is 1. The van der Waals surface area contributed by atoms with Crippen molar-refractivity contribution in [2.45, 2.75) is 6.18 Å². The average Bonchev–Trinajstić information content (AvgIpc) is 2.37. The van der Waals surface area contributed by atoms with Crippen LogP contribution in [0.3, 0.4) is 0 Å². The van der Waals surface area contributed by atoms with E-state index in [1.165, 1.54) is 12.1 Å². The van der Waals surface area contributed by atoms with E-state index in [-0.39, 0.29) is 11.3 Å². The molecule has 0 spiro atoms. The van der Waals surface area contributed by atoms with E-state index in [1.54, 1.807) is 24.3 Å². The van der Waals surface area contributed by atoms with E-state index in [2.05, 4.69) is 11.8 Å². The third-order valence-corrected chi connectivity index (χ3v) is 2.46. The Labute approximate surface area is 108 Å². The standard InChI is InChI=1S/C15H10F3N/c16-15(17,18)14-10-13(19)9-8-12(14)7-6-11-4-2-1-3-5-11/h1-5,8-10H,19H2. The second-order valence-corrected chi connectivity index (χ2v) is 3.92. The van der Waals surface area contributed by atoms with Crippen LogP contribution in [0.15, 0.2) is 48.5 Å². The Morgan fingerprint density at radius 2 is 1.58 bits per heavy atom. The molecule has 2 aromatic rings. The van der Waals surface area contributed by atoms with Crippen LogP contribution in [0.1, 0.15) is 16.7 Å². The fraction of sp³-hybridized carbons (Fsp3) is 0.0667. The molecule has 0 aliphatic rings. The monoisotopic (exact) mass is 261 g/mol. The van der Waals surface area contributed by atoms with E-state index in [1.807, 2.05) is 6.07 Å². The molecule has 4 heteroatoms. The normalized spacial score (nSPS) is 10.7. The van der Waals surface area contributed by atoms with Gasteiger partial charge >= 0.3 is 6.18 Å². The molecule has 0 heterocycles. The zero-order valence-corrected chi connectivity index (χ0v) is 9.83. The molecule has 19 heavy (non-hydrogen) atoms. The molecule has 0 amide bonds. The maximum absolute atomic E-state index is 12.8. The van der Waals surface area contributed by atoms with Crippen LogP contribution < -0.4 is 5.73 Å². The number of rotatable bonds is 0. The minimum Gasteiger partial charge on any atom is -0.399 e. The van der Waals surface area contributed by atoms with Crippen LogP contribution in [0, 0.1) is 11.8 Å². The van der Waals surface area contributed by atoms with E-state index < -0.39 is 11.7 Å². The maximum atomic E-state index is 12.8. The molecule has 0 saturated carbocycles. The average molecular weight is 261 g/mol. The minimum atomic E-state index is -4.46. The molecule has 0 bridgehead atoms. The highest BCUT2D eigenvalue weighted by molar-refractivity contribution is 5.53. The molecule has 0 aliphatic carbocycles. The third kappa shape index (κ3) is 3.29.